The molecule has 1 aromatic heterocycles. The fourth-order valence-corrected chi connectivity index (χ4v) is 2.16. The smallest absolute Gasteiger partial charge is 0.320 e. The predicted molar refractivity (Wildman–Crippen MR) is 91.8 cm³/mol. The minimum atomic E-state index is -1.28. The van der Waals surface area contributed by atoms with Gasteiger partial charge in [0, 0.05) is 18.8 Å². The molecule has 26 heavy (non-hydrogen) atoms. The van der Waals surface area contributed by atoms with Gasteiger partial charge in [0.1, 0.15) is 11.5 Å². The number of rotatable bonds is 3. The van der Waals surface area contributed by atoms with Gasteiger partial charge in [0.25, 0.3) is 0 Å². The average molecular weight is 368 g/mol. The van der Waals surface area contributed by atoms with Crippen LogP contribution in [0.15, 0.2) is 40.2 Å². The molecule has 0 atom stereocenters. The molecular formula is C17H19F3N4O2. The van der Waals surface area contributed by atoms with Gasteiger partial charge in [-0.25, -0.2) is 4.39 Å². The number of nitrogen functional groups attached to an aromatic ring is 1. The van der Waals surface area contributed by atoms with E-state index < -0.39 is 33.5 Å². The summed E-state index contributed by atoms with van der Waals surface area (Å²) in [5, 5.41) is 3.00. The first-order chi connectivity index (χ1) is 12.5. The number of nitrogens with zero attached hydrogens (tertiary/aromatic N) is 3. The summed E-state index contributed by atoms with van der Waals surface area (Å²) < 4.78 is 44.9. The van der Waals surface area contributed by atoms with Gasteiger partial charge in [-0.05, 0) is 25.3 Å². The van der Waals surface area contributed by atoms with E-state index in [-0.39, 0.29) is 12.1 Å². The Hall–Kier alpha value is -2.68. The predicted octanol–water partition coefficient (Wildman–Crippen LogP) is 2.80. The van der Waals surface area contributed by atoms with Crippen molar-refractivity contribution in [2.75, 3.05) is 18.9 Å². The molecule has 0 spiro atoms. The molecule has 0 bridgehead atoms. The van der Waals surface area contributed by atoms with E-state index in [1.807, 2.05) is 0 Å². The first-order valence-corrected chi connectivity index (χ1v) is 8.06. The standard InChI is InChI=1S/C12H9F3N4O.C5H10O/c13-9-4-2-1-3-7(9)5-17-11(14)8-6-18-19(15)12(20)10(8)16;1-2-4-6-5-3-1/h1-4,6H,5,16H2;1-5H2. The van der Waals surface area contributed by atoms with Crippen LogP contribution in [0.2, 0.25) is 0 Å². The van der Waals surface area contributed by atoms with Crippen LogP contribution in [-0.2, 0) is 11.3 Å². The van der Waals surface area contributed by atoms with E-state index in [9.17, 15) is 18.1 Å². The number of benzene rings is 1. The quantitative estimate of drug-likeness (QED) is 0.845. The van der Waals surface area contributed by atoms with E-state index in [4.69, 9.17) is 10.5 Å². The summed E-state index contributed by atoms with van der Waals surface area (Å²) >= 11 is 0. The van der Waals surface area contributed by atoms with Gasteiger partial charge in [-0.2, -0.15) is 4.39 Å². The lowest BCUT2D eigenvalue weighted by Crippen LogP contribution is -2.23. The maximum Gasteiger partial charge on any atom is 0.320 e. The van der Waals surface area contributed by atoms with Gasteiger partial charge in [0.2, 0.25) is 5.97 Å². The normalized spacial score (nSPS) is 14.5. The van der Waals surface area contributed by atoms with Crippen molar-refractivity contribution < 1.29 is 18.0 Å². The molecule has 0 saturated carbocycles. The largest absolute Gasteiger partial charge is 0.393 e. The topological polar surface area (TPSA) is 82.5 Å². The van der Waals surface area contributed by atoms with E-state index in [1.54, 1.807) is 6.07 Å². The van der Waals surface area contributed by atoms with Crippen molar-refractivity contribution in [2.45, 2.75) is 25.8 Å². The Morgan fingerprint density at radius 3 is 2.54 bits per heavy atom. The average Bonchev–Trinajstić information content (AvgIpc) is 2.67. The highest BCUT2D eigenvalue weighted by atomic mass is 19.2. The van der Waals surface area contributed by atoms with Crippen LogP contribution in [0.3, 0.4) is 0 Å². The second kappa shape index (κ2) is 9.71. The summed E-state index contributed by atoms with van der Waals surface area (Å²) in [7, 11) is 0. The van der Waals surface area contributed by atoms with Crippen LogP contribution in [-0.4, -0.2) is 29.2 Å². The second-order valence-corrected chi connectivity index (χ2v) is 5.51. The molecule has 0 amide bonds. The maximum absolute atomic E-state index is 13.8. The Morgan fingerprint density at radius 2 is 1.96 bits per heavy atom. The van der Waals surface area contributed by atoms with E-state index in [0.717, 1.165) is 19.4 Å². The minimum Gasteiger partial charge on any atom is -0.393 e. The van der Waals surface area contributed by atoms with Crippen molar-refractivity contribution in [1.29, 1.82) is 0 Å². The first-order valence-electron chi connectivity index (χ1n) is 8.06. The van der Waals surface area contributed by atoms with Crippen LogP contribution in [0.4, 0.5) is 18.9 Å². The second-order valence-electron chi connectivity index (χ2n) is 5.51. The third kappa shape index (κ3) is 5.41. The molecule has 0 unspecified atom stereocenters. The monoisotopic (exact) mass is 368 g/mol. The molecule has 140 valence electrons. The first kappa shape index (κ1) is 19.6. The van der Waals surface area contributed by atoms with Crippen LogP contribution in [0.25, 0.3) is 0 Å². The van der Waals surface area contributed by atoms with E-state index in [0.29, 0.717) is 0 Å². The van der Waals surface area contributed by atoms with Crippen LogP contribution in [0.5, 0.6) is 0 Å². The zero-order valence-corrected chi connectivity index (χ0v) is 14.0. The highest BCUT2D eigenvalue weighted by molar-refractivity contribution is 5.97. The van der Waals surface area contributed by atoms with E-state index in [2.05, 4.69) is 10.1 Å². The number of aliphatic imine (C=N–C) groups is 1. The molecule has 2 heterocycles. The third-order valence-corrected chi connectivity index (χ3v) is 3.62. The number of halogens is 3. The fraction of sp³-hybridized carbons (Fsp3) is 0.353. The van der Waals surface area contributed by atoms with Gasteiger partial charge >= 0.3 is 5.56 Å². The lowest BCUT2D eigenvalue weighted by Gasteiger charge is -2.08. The van der Waals surface area contributed by atoms with Crippen molar-refractivity contribution in [1.82, 2.24) is 10.0 Å². The van der Waals surface area contributed by atoms with Crippen LogP contribution in [0.1, 0.15) is 30.4 Å². The molecule has 1 aliphatic rings. The lowest BCUT2D eigenvalue weighted by molar-refractivity contribution is 0.0968. The molecule has 1 fully saturated rings. The molecule has 3 rings (SSSR count). The zero-order valence-electron chi connectivity index (χ0n) is 14.0. The molecule has 9 heteroatoms. The van der Waals surface area contributed by atoms with Gasteiger partial charge in [-0.15, -0.1) is 5.10 Å². The van der Waals surface area contributed by atoms with Crippen LogP contribution in [0, 0.1) is 5.82 Å². The van der Waals surface area contributed by atoms with Gasteiger partial charge < -0.3 is 10.5 Å². The molecule has 1 saturated heterocycles. The number of ether oxygens (including phenoxy) is 1. The molecule has 0 radical (unpaired) electrons. The summed E-state index contributed by atoms with van der Waals surface area (Å²) in [6, 6.07) is 5.71. The summed E-state index contributed by atoms with van der Waals surface area (Å²) in [6.07, 6.45) is 4.66. The summed E-state index contributed by atoms with van der Waals surface area (Å²) in [5.41, 5.74) is 3.08. The Balaban J connectivity index is 0.000000342. The highest BCUT2D eigenvalue weighted by Crippen LogP contribution is 2.11. The maximum atomic E-state index is 13.8. The van der Waals surface area contributed by atoms with E-state index in [1.165, 1.54) is 37.5 Å². The Bertz CT molecular complexity index is 808. The lowest BCUT2D eigenvalue weighted by atomic mass is 10.2. The van der Waals surface area contributed by atoms with Gasteiger partial charge in [0.05, 0.1) is 18.3 Å². The van der Waals surface area contributed by atoms with Crippen molar-refractivity contribution >= 4 is 11.7 Å². The van der Waals surface area contributed by atoms with Crippen molar-refractivity contribution in [3.63, 3.8) is 0 Å². The van der Waals surface area contributed by atoms with Gasteiger partial charge in [0.15, 0.2) is 0 Å². The molecule has 1 aromatic carbocycles. The van der Waals surface area contributed by atoms with Crippen molar-refractivity contribution in [3.05, 3.63) is 57.8 Å². The Morgan fingerprint density at radius 1 is 1.27 bits per heavy atom. The number of aromatic nitrogens is 2. The summed E-state index contributed by atoms with van der Waals surface area (Å²) in [6.45, 7) is 1.72. The summed E-state index contributed by atoms with van der Waals surface area (Å²) in [4.78, 5) is 14.1. The number of nitrogens with two attached hydrogens (primary N) is 1. The molecule has 1 aliphatic heterocycles. The Labute approximate surface area is 148 Å². The number of anilines is 1. The number of hydrogen-bond acceptors (Lipinski definition) is 5. The molecule has 6 nitrogen and oxygen atoms in total. The highest BCUT2D eigenvalue weighted by Gasteiger charge is 2.13. The van der Waals surface area contributed by atoms with Crippen molar-refractivity contribution in [3.8, 4) is 0 Å². The van der Waals surface area contributed by atoms with E-state index >= 15 is 0 Å². The summed E-state index contributed by atoms with van der Waals surface area (Å²) in [5.74, 6) is -1.65. The van der Waals surface area contributed by atoms with Gasteiger partial charge in [-0.3, -0.25) is 9.79 Å². The minimum absolute atomic E-state index is 0.174. The molecular weight excluding hydrogens is 349 g/mol. The molecule has 2 aromatic rings. The number of hydrogen-bond donors (Lipinski definition) is 1. The zero-order chi connectivity index (χ0) is 18.9. The van der Waals surface area contributed by atoms with Crippen LogP contribution >= 0.6 is 0 Å². The third-order valence-electron chi connectivity index (χ3n) is 3.62. The van der Waals surface area contributed by atoms with Gasteiger partial charge in [-0.1, -0.05) is 27.6 Å². The van der Waals surface area contributed by atoms with Crippen molar-refractivity contribution in [2.24, 2.45) is 4.99 Å². The fourth-order valence-electron chi connectivity index (χ4n) is 2.16. The SMILES string of the molecule is C1CCOCC1.Nc1c(C(F)=NCc2ccccc2F)cnn(F)c1=O. The molecule has 0 aliphatic carbocycles. The van der Waals surface area contributed by atoms with Crippen LogP contribution < -0.4 is 11.3 Å². The Kier molecular flexibility index (Phi) is 7.34. The molecule has 2 N–H and O–H groups in total.